The summed E-state index contributed by atoms with van der Waals surface area (Å²) in [6, 6.07) is 32.5. The summed E-state index contributed by atoms with van der Waals surface area (Å²) < 4.78 is 0.600. The summed E-state index contributed by atoms with van der Waals surface area (Å²) in [5.74, 6) is 0. The number of rotatable bonds is 6. The molecule has 200 valence electrons. The van der Waals surface area contributed by atoms with Crippen LogP contribution in [-0.4, -0.2) is 14.9 Å². The summed E-state index contributed by atoms with van der Waals surface area (Å²) in [7, 11) is 4.39. The van der Waals surface area contributed by atoms with Crippen molar-refractivity contribution in [3.05, 3.63) is 123 Å². The van der Waals surface area contributed by atoms with E-state index in [2.05, 4.69) is 101 Å². The summed E-state index contributed by atoms with van der Waals surface area (Å²) in [5.41, 5.74) is 2.54. The van der Waals surface area contributed by atoms with Crippen molar-refractivity contribution in [3.8, 4) is 0 Å². The molecule has 0 atom stereocenters. The maximum atomic E-state index is 10.7. The second kappa shape index (κ2) is 18.4. The predicted molar refractivity (Wildman–Crippen MR) is 154 cm³/mol. The van der Waals surface area contributed by atoms with Crippen molar-refractivity contribution in [2.24, 2.45) is 10.3 Å². The summed E-state index contributed by atoms with van der Waals surface area (Å²) in [5, 5.41) is 49.2. The van der Waals surface area contributed by atoms with Gasteiger partial charge in [0.05, 0.1) is 7.92 Å². The molecule has 0 aliphatic carbocycles. The first kappa shape index (κ1) is 32.2. The standard InChI is InChI=1S/C18H15P.C4H8N2O2.C4H7N2O2.ClH.Rh/c1-4-10-16(11-5-1)19(17-12-6-2-7-13-17)18-14-8-3-9-15-18;2*1-3(5-7)4(2)6-8;;/h1-15H;7-8H,1-2H3;5H,1-2H3;1H;/q;;-1;;+1/p-2/b;5-3+,6-4+;4-3-;;. The maximum Gasteiger partial charge on any atom is 0.102 e. The molecule has 0 saturated carbocycles. The van der Waals surface area contributed by atoms with Crippen LogP contribution < -0.4 is 21.4 Å². The number of nitrogens with zero attached hydrogens (tertiary/aromatic N) is 3. The molecule has 0 aromatic heterocycles. The molecular formula is C26H29ClN4O4PRh-2. The Labute approximate surface area is 230 Å². The SMILES string of the molecule is C/C(N[O-])=C(\C)[N+]([O-])=[Rh][Cl].CC(=N\[O-])/C(C)=N/[O-].c1ccc([PH+](c2ccccc2)c2ccccc2)cc1. The fraction of sp³-hybridized carbons (Fsp3) is 0.154. The van der Waals surface area contributed by atoms with Gasteiger partial charge in [0.25, 0.3) is 0 Å². The maximum absolute atomic E-state index is 10.7. The van der Waals surface area contributed by atoms with Crippen molar-refractivity contribution in [1.29, 1.82) is 0 Å². The second-order valence-corrected chi connectivity index (χ2v) is 11.5. The molecule has 0 unspecified atom stereocenters. The zero-order chi connectivity index (χ0) is 27.6. The summed E-state index contributed by atoms with van der Waals surface area (Å²) in [6.07, 6.45) is 0. The Balaban J connectivity index is 0.000000322. The fourth-order valence-corrected chi connectivity index (χ4v) is 6.25. The number of allylic oxidation sites excluding steroid dienone is 2. The van der Waals surface area contributed by atoms with Crippen LogP contribution in [0.4, 0.5) is 0 Å². The summed E-state index contributed by atoms with van der Waals surface area (Å²) in [6.45, 7) is 5.93. The van der Waals surface area contributed by atoms with E-state index in [4.69, 9.17) is 9.69 Å². The van der Waals surface area contributed by atoms with Crippen molar-refractivity contribution < 1.29 is 19.4 Å². The van der Waals surface area contributed by atoms with E-state index in [9.17, 15) is 20.8 Å². The normalized spacial score (nSPS) is 12.9. The molecule has 1 N–H and O–H groups in total. The van der Waals surface area contributed by atoms with Gasteiger partial charge in [-0.15, -0.1) is 0 Å². The average Bonchev–Trinajstić information content (AvgIpc) is 2.97. The Hall–Kier alpha value is -2.80. The molecule has 0 aliphatic rings. The van der Waals surface area contributed by atoms with Gasteiger partial charge in [-0.2, -0.15) is 0 Å². The van der Waals surface area contributed by atoms with Gasteiger partial charge in [0, 0.05) is 11.4 Å². The van der Waals surface area contributed by atoms with E-state index in [1.807, 2.05) is 0 Å². The van der Waals surface area contributed by atoms with Crippen LogP contribution >= 0.6 is 17.6 Å². The molecule has 3 aromatic rings. The first-order valence-corrected chi connectivity index (χ1v) is 15.3. The number of benzene rings is 3. The number of halogens is 1. The van der Waals surface area contributed by atoms with Crippen molar-refractivity contribution in [2.75, 3.05) is 0 Å². The molecule has 0 aliphatic heterocycles. The van der Waals surface area contributed by atoms with Gasteiger partial charge in [-0.1, -0.05) is 54.6 Å². The van der Waals surface area contributed by atoms with Gasteiger partial charge in [-0.05, 0) is 50.2 Å². The van der Waals surface area contributed by atoms with E-state index in [0.717, 1.165) is 0 Å². The molecule has 3 rings (SSSR count). The molecule has 0 fully saturated rings. The first-order valence-electron chi connectivity index (χ1n) is 10.9. The molecule has 8 nitrogen and oxygen atoms in total. The van der Waals surface area contributed by atoms with E-state index >= 15 is 0 Å². The monoisotopic (exact) mass is 630 g/mol. The summed E-state index contributed by atoms with van der Waals surface area (Å²) in [4.78, 5) is 0. The minimum absolute atomic E-state index is 0.139. The van der Waals surface area contributed by atoms with Crippen LogP contribution in [-0.2, 0) is 15.9 Å². The third kappa shape index (κ3) is 11.4. The van der Waals surface area contributed by atoms with E-state index in [-0.39, 0.29) is 11.4 Å². The van der Waals surface area contributed by atoms with Crippen LogP contribution in [0, 0.1) is 20.8 Å². The van der Waals surface area contributed by atoms with Gasteiger partial charge in [0.1, 0.15) is 15.9 Å². The number of hydroxylamine groups is 2. The fourth-order valence-electron chi connectivity index (χ4n) is 2.69. The van der Waals surface area contributed by atoms with Crippen molar-refractivity contribution in [1.82, 2.24) is 5.48 Å². The van der Waals surface area contributed by atoms with E-state index in [1.165, 1.54) is 36.7 Å². The second-order valence-electron chi connectivity index (χ2n) is 7.42. The molecule has 11 heteroatoms. The molecule has 0 bridgehead atoms. The molecule has 0 radical (unpaired) electrons. The third-order valence-corrected chi connectivity index (χ3v) is 9.12. The molecule has 0 saturated heterocycles. The zero-order valence-electron chi connectivity index (χ0n) is 20.8. The van der Waals surface area contributed by atoms with Gasteiger partial charge >= 0.3 is 70.2 Å². The quantitative estimate of drug-likeness (QED) is 0.170. The van der Waals surface area contributed by atoms with Gasteiger partial charge < -0.3 is 20.7 Å². The van der Waals surface area contributed by atoms with Gasteiger partial charge in [0.2, 0.25) is 0 Å². The minimum atomic E-state index is -0.877. The smallest absolute Gasteiger partial charge is 0.102 e. The van der Waals surface area contributed by atoms with Crippen LogP contribution in [0.2, 0.25) is 0 Å². The molecule has 0 heterocycles. The van der Waals surface area contributed by atoms with Crippen LogP contribution in [0.25, 0.3) is 0 Å². The first-order chi connectivity index (χ1) is 17.8. The van der Waals surface area contributed by atoms with E-state index < -0.39 is 23.9 Å². The van der Waals surface area contributed by atoms with Crippen LogP contribution in [0.15, 0.2) is 113 Å². The molecular weight excluding hydrogens is 602 g/mol. The van der Waals surface area contributed by atoms with Gasteiger partial charge in [0.15, 0.2) is 0 Å². The number of nitrogens with one attached hydrogen (secondary N) is 1. The number of hydrogen-bond acceptors (Lipinski definition) is 7. The Bertz CT molecular complexity index is 1090. The average molecular weight is 631 g/mol. The number of hydrogen-bond donors (Lipinski definition) is 1. The summed E-state index contributed by atoms with van der Waals surface area (Å²) >= 11 is -0.709. The molecule has 37 heavy (non-hydrogen) atoms. The minimum Gasteiger partial charge on any atom is -0.792 e. The topological polar surface area (TPSA) is 132 Å². The van der Waals surface area contributed by atoms with Crippen LogP contribution in [0.3, 0.4) is 0 Å². The van der Waals surface area contributed by atoms with Crippen molar-refractivity contribution in [3.63, 3.8) is 0 Å². The van der Waals surface area contributed by atoms with Gasteiger partial charge in [-0.25, -0.2) is 0 Å². The van der Waals surface area contributed by atoms with Crippen LogP contribution in [0.5, 0.6) is 0 Å². The molecule has 0 spiro atoms. The molecule has 0 amide bonds. The van der Waals surface area contributed by atoms with Gasteiger partial charge in [-0.3, -0.25) is 0 Å². The third-order valence-electron chi connectivity index (χ3n) is 4.98. The zero-order valence-corrected chi connectivity index (χ0v) is 24.2. The molecule has 3 aromatic carbocycles. The van der Waals surface area contributed by atoms with Crippen molar-refractivity contribution in [2.45, 2.75) is 27.7 Å². The Morgan fingerprint density at radius 3 is 1.30 bits per heavy atom. The Morgan fingerprint density at radius 1 is 0.730 bits per heavy atom. The Morgan fingerprint density at radius 2 is 1.05 bits per heavy atom. The Kier molecular flexibility index (Phi) is 16.1. The van der Waals surface area contributed by atoms with Crippen LogP contribution in [0.1, 0.15) is 27.7 Å². The van der Waals surface area contributed by atoms with E-state index in [1.54, 1.807) is 12.4 Å². The largest absolute Gasteiger partial charge is 0.792 e. The van der Waals surface area contributed by atoms with Crippen molar-refractivity contribution >= 4 is 44.9 Å². The predicted octanol–water partition coefficient (Wildman–Crippen LogP) is 5.34. The van der Waals surface area contributed by atoms with E-state index in [0.29, 0.717) is 14.8 Å².